The highest BCUT2D eigenvalue weighted by Crippen LogP contribution is 2.18. The highest BCUT2D eigenvalue weighted by Gasteiger charge is 2.17. The van der Waals surface area contributed by atoms with Gasteiger partial charge < -0.3 is 14.8 Å². The Morgan fingerprint density at radius 3 is 2.60 bits per heavy atom. The first kappa shape index (κ1) is 19.2. The Morgan fingerprint density at radius 2 is 1.88 bits per heavy atom. The number of benzene rings is 1. The number of ether oxygens (including phenoxy) is 2. The monoisotopic (exact) mass is 412 g/mol. The predicted molar refractivity (Wildman–Crippen MR) is 94.1 cm³/mol. The van der Waals surface area contributed by atoms with Crippen molar-refractivity contribution in [3.05, 3.63) is 28.7 Å². The minimum absolute atomic E-state index is 0.0997. The quantitative estimate of drug-likeness (QED) is 0.700. The predicted octanol–water partition coefficient (Wildman–Crippen LogP) is 2.53. The maximum absolute atomic E-state index is 11.7. The van der Waals surface area contributed by atoms with Crippen LogP contribution in [0.3, 0.4) is 0 Å². The summed E-state index contributed by atoms with van der Waals surface area (Å²) in [6.45, 7) is -0.850. The van der Waals surface area contributed by atoms with Gasteiger partial charge in [-0.15, -0.1) is 0 Å². The second kappa shape index (κ2) is 10.0. The first-order valence-electron chi connectivity index (χ1n) is 8.17. The molecular formula is C17H21BrN2O5. The molecule has 0 atom stereocenters. The summed E-state index contributed by atoms with van der Waals surface area (Å²) in [6.07, 6.45) is 5.17. The lowest BCUT2D eigenvalue weighted by Gasteiger charge is -2.22. The van der Waals surface area contributed by atoms with Crippen LogP contribution < -0.4 is 15.4 Å². The van der Waals surface area contributed by atoms with Crippen LogP contribution >= 0.6 is 15.9 Å². The van der Waals surface area contributed by atoms with E-state index in [4.69, 9.17) is 9.47 Å². The van der Waals surface area contributed by atoms with Crippen LogP contribution in [0.15, 0.2) is 28.7 Å². The molecule has 0 unspecified atom stereocenters. The van der Waals surface area contributed by atoms with E-state index in [1.165, 1.54) is 6.42 Å². The van der Waals surface area contributed by atoms with E-state index in [0.717, 1.165) is 30.2 Å². The zero-order valence-corrected chi connectivity index (χ0v) is 15.3. The normalized spacial score (nSPS) is 14.4. The molecule has 8 heteroatoms. The number of rotatable bonds is 6. The highest BCUT2D eigenvalue weighted by molar-refractivity contribution is 9.10. The standard InChI is InChI=1S/C17H21BrN2O5/c18-12-5-4-8-14(9-12)24-11-16(22)25-10-15(21)20-17(23)19-13-6-2-1-3-7-13/h4-5,8-9,13H,1-3,6-7,10-11H2,(H2,19,20,21,23). The number of hydrogen-bond donors (Lipinski definition) is 2. The molecule has 25 heavy (non-hydrogen) atoms. The van der Waals surface area contributed by atoms with Gasteiger partial charge >= 0.3 is 12.0 Å². The van der Waals surface area contributed by atoms with Gasteiger partial charge in [0.05, 0.1) is 0 Å². The SMILES string of the molecule is O=C(COC(=O)COc1cccc(Br)c1)NC(=O)NC1CCCCC1. The summed E-state index contributed by atoms with van der Waals surface area (Å²) in [5.74, 6) is -0.866. The Bertz CT molecular complexity index is 617. The smallest absolute Gasteiger partial charge is 0.344 e. The number of urea groups is 1. The maximum Gasteiger partial charge on any atom is 0.344 e. The number of halogens is 1. The fraction of sp³-hybridized carbons (Fsp3) is 0.471. The number of hydrogen-bond acceptors (Lipinski definition) is 5. The number of carbonyl (C=O) groups is 3. The van der Waals surface area contributed by atoms with E-state index < -0.39 is 24.5 Å². The van der Waals surface area contributed by atoms with Crippen molar-refractivity contribution in [1.82, 2.24) is 10.6 Å². The Labute approximate surface area is 154 Å². The van der Waals surface area contributed by atoms with Gasteiger partial charge in [-0.1, -0.05) is 41.3 Å². The molecule has 136 valence electrons. The second-order valence-corrected chi connectivity index (χ2v) is 6.68. The van der Waals surface area contributed by atoms with Crippen molar-refractivity contribution in [2.24, 2.45) is 0 Å². The molecule has 1 aromatic carbocycles. The number of carbonyl (C=O) groups excluding carboxylic acids is 3. The summed E-state index contributed by atoms with van der Waals surface area (Å²) in [5.41, 5.74) is 0. The van der Waals surface area contributed by atoms with Gasteiger partial charge in [-0.25, -0.2) is 9.59 Å². The molecule has 2 rings (SSSR count). The average molecular weight is 413 g/mol. The number of amides is 3. The minimum atomic E-state index is -0.692. The van der Waals surface area contributed by atoms with Crippen molar-refractivity contribution >= 4 is 33.8 Å². The third-order valence-corrected chi connectivity index (χ3v) is 4.20. The van der Waals surface area contributed by atoms with Crippen LogP contribution in [0.1, 0.15) is 32.1 Å². The zero-order chi connectivity index (χ0) is 18.1. The van der Waals surface area contributed by atoms with Crippen molar-refractivity contribution in [2.75, 3.05) is 13.2 Å². The molecule has 0 aliphatic heterocycles. The van der Waals surface area contributed by atoms with Gasteiger partial charge in [0.2, 0.25) is 0 Å². The van der Waals surface area contributed by atoms with Gasteiger partial charge in [-0.05, 0) is 31.0 Å². The summed E-state index contributed by atoms with van der Waals surface area (Å²) in [5, 5.41) is 4.90. The molecule has 1 aromatic rings. The highest BCUT2D eigenvalue weighted by atomic mass is 79.9. The summed E-state index contributed by atoms with van der Waals surface area (Å²) in [4.78, 5) is 34.9. The molecular weight excluding hydrogens is 392 g/mol. The molecule has 3 amide bonds. The van der Waals surface area contributed by atoms with Gasteiger partial charge in [0.1, 0.15) is 5.75 Å². The largest absolute Gasteiger partial charge is 0.482 e. The number of nitrogens with one attached hydrogen (secondary N) is 2. The van der Waals surface area contributed by atoms with Crippen LogP contribution in [-0.4, -0.2) is 37.2 Å². The molecule has 0 bridgehead atoms. The third-order valence-electron chi connectivity index (χ3n) is 3.71. The van der Waals surface area contributed by atoms with E-state index >= 15 is 0 Å². The molecule has 1 aliphatic carbocycles. The van der Waals surface area contributed by atoms with Crippen molar-refractivity contribution in [3.63, 3.8) is 0 Å². The molecule has 1 aliphatic rings. The molecule has 1 saturated carbocycles. The van der Waals surface area contributed by atoms with Gasteiger partial charge in [0, 0.05) is 10.5 Å². The van der Waals surface area contributed by atoms with Crippen molar-refractivity contribution < 1.29 is 23.9 Å². The topological polar surface area (TPSA) is 93.7 Å². The lowest BCUT2D eigenvalue weighted by molar-refractivity contribution is -0.150. The molecule has 0 radical (unpaired) electrons. The van der Waals surface area contributed by atoms with Crippen molar-refractivity contribution in [3.8, 4) is 5.75 Å². The van der Waals surface area contributed by atoms with Crippen LogP contribution in [0.25, 0.3) is 0 Å². The van der Waals surface area contributed by atoms with E-state index in [9.17, 15) is 14.4 Å². The van der Waals surface area contributed by atoms with Crippen LogP contribution in [0, 0.1) is 0 Å². The average Bonchev–Trinajstić information content (AvgIpc) is 2.59. The van der Waals surface area contributed by atoms with Crippen LogP contribution in [-0.2, 0) is 14.3 Å². The second-order valence-electron chi connectivity index (χ2n) is 5.76. The Hall–Kier alpha value is -2.09. The van der Waals surface area contributed by atoms with Gasteiger partial charge in [0.15, 0.2) is 13.2 Å². The van der Waals surface area contributed by atoms with Crippen LogP contribution in [0.4, 0.5) is 4.79 Å². The van der Waals surface area contributed by atoms with E-state index in [0.29, 0.717) is 5.75 Å². The summed E-state index contributed by atoms with van der Waals surface area (Å²) >= 11 is 3.29. The van der Waals surface area contributed by atoms with Gasteiger partial charge in [0.25, 0.3) is 5.91 Å². The number of esters is 1. The Kier molecular flexibility index (Phi) is 7.72. The fourth-order valence-electron chi connectivity index (χ4n) is 2.52. The summed E-state index contributed by atoms with van der Waals surface area (Å²) in [7, 11) is 0. The molecule has 0 saturated heterocycles. The first-order valence-corrected chi connectivity index (χ1v) is 8.96. The summed E-state index contributed by atoms with van der Waals surface area (Å²) < 4.78 is 10.8. The maximum atomic E-state index is 11.7. The van der Waals surface area contributed by atoms with E-state index in [1.54, 1.807) is 18.2 Å². The van der Waals surface area contributed by atoms with Crippen LogP contribution in [0.5, 0.6) is 5.75 Å². The van der Waals surface area contributed by atoms with Gasteiger partial charge in [-0.3, -0.25) is 10.1 Å². The van der Waals surface area contributed by atoms with E-state index in [2.05, 4.69) is 26.6 Å². The molecule has 0 heterocycles. The molecule has 0 spiro atoms. The van der Waals surface area contributed by atoms with Crippen LogP contribution in [0.2, 0.25) is 0 Å². The molecule has 0 aromatic heterocycles. The summed E-state index contributed by atoms with van der Waals surface area (Å²) in [6, 6.07) is 6.54. The number of imide groups is 1. The van der Waals surface area contributed by atoms with Gasteiger partial charge in [-0.2, -0.15) is 0 Å². The van der Waals surface area contributed by atoms with Crippen molar-refractivity contribution in [2.45, 2.75) is 38.1 Å². The lowest BCUT2D eigenvalue weighted by Crippen LogP contribution is -2.46. The lowest BCUT2D eigenvalue weighted by atomic mass is 9.96. The minimum Gasteiger partial charge on any atom is -0.482 e. The molecule has 2 N–H and O–H groups in total. The fourth-order valence-corrected chi connectivity index (χ4v) is 2.90. The van der Waals surface area contributed by atoms with E-state index in [-0.39, 0.29) is 12.6 Å². The zero-order valence-electron chi connectivity index (χ0n) is 13.8. The molecule has 1 fully saturated rings. The Balaban J connectivity index is 1.61. The van der Waals surface area contributed by atoms with E-state index in [1.807, 2.05) is 6.07 Å². The molecule has 7 nitrogen and oxygen atoms in total. The van der Waals surface area contributed by atoms with Crippen molar-refractivity contribution in [1.29, 1.82) is 0 Å². The first-order chi connectivity index (χ1) is 12.0. The third kappa shape index (κ3) is 7.55. The Morgan fingerprint density at radius 1 is 1.12 bits per heavy atom.